The minimum absolute atomic E-state index is 0.104. The largest absolute Gasteiger partial charge is 0.320 e. The molecular formula is C28H23FN6O2. The van der Waals surface area contributed by atoms with Crippen molar-refractivity contribution in [3.63, 3.8) is 0 Å². The number of carbonyl (C=O) groups is 2. The molecular weight excluding hydrogens is 471 g/mol. The normalized spacial score (nSPS) is 14.1. The highest BCUT2D eigenvalue weighted by molar-refractivity contribution is 6.21. The molecule has 0 bridgehead atoms. The Morgan fingerprint density at radius 1 is 0.865 bits per heavy atom. The van der Waals surface area contributed by atoms with E-state index in [0.29, 0.717) is 34.9 Å². The number of nitrogens with zero attached hydrogens (tertiary/aromatic N) is 6. The summed E-state index contributed by atoms with van der Waals surface area (Å²) >= 11 is 0. The summed E-state index contributed by atoms with van der Waals surface area (Å²) in [6, 6.07) is 20.0. The van der Waals surface area contributed by atoms with Crippen molar-refractivity contribution in [3.8, 4) is 5.69 Å². The molecule has 8 nitrogen and oxygen atoms in total. The lowest BCUT2D eigenvalue weighted by atomic mass is 10.0. The highest BCUT2D eigenvalue weighted by atomic mass is 19.1. The molecule has 0 saturated heterocycles. The Morgan fingerprint density at radius 3 is 2.19 bits per heavy atom. The van der Waals surface area contributed by atoms with Crippen LogP contribution in [-0.4, -0.2) is 41.3 Å². The van der Waals surface area contributed by atoms with Gasteiger partial charge in [0.25, 0.3) is 11.8 Å². The zero-order valence-electron chi connectivity index (χ0n) is 20.2. The van der Waals surface area contributed by atoms with Crippen molar-refractivity contribution < 1.29 is 14.0 Å². The third-order valence-corrected chi connectivity index (χ3v) is 6.64. The topological polar surface area (TPSA) is 85.9 Å². The predicted octanol–water partition coefficient (Wildman–Crippen LogP) is 4.80. The molecule has 184 valence electrons. The van der Waals surface area contributed by atoms with Crippen molar-refractivity contribution in [2.45, 2.75) is 26.4 Å². The summed E-state index contributed by atoms with van der Waals surface area (Å²) in [4.78, 5) is 33.1. The Balaban J connectivity index is 1.43. The molecule has 3 aromatic carbocycles. The van der Waals surface area contributed by atoms with Crippen LogP contribution in [0.5, 0.6) is 0 Å². The molecule has 1 aliphatic heterocycles. The molecule has 3 heterocycles. The van der Waals surface area contributed by atoms with Gasteiger partial charge in [0, 0.05) is 0 Å². The zero-order valence-corrected chi connectivity index (χ0v) is 20.2. The minimum Gasteiger partial charge on any atom is -0.320 e. The number of aromatic nitrogens is 5. The van der Waals surface area contributed by atoms with Crippen molar-refractivity contribution in [2.75, 3.05) is 0 Å². The number of hydrogen-bond donors (Lipinski definition) is 0. The summed E-state index contributed by atoms with van der Waals surface area (Å²) in [6.45, 7) is 4.27. The highest BCUT2D eigenvalue weighted by Crippen LogP contribution is 2.37. The number of hydrogen-bond acceptors (Lipinski definition) is 5. The number of imidazole rings is 1. The van der Waals surface area contributed by atoms with Crippen molar-refractivity contribution in [2.24, 2.45) is 5.92 Å². The Hall–Kier alpha value is -4.66. The highest BCUT2D eigenvalue weighted by Gasteiger charge is 2.43. The number of imide groups is 1. The Labute approximate surface area is 212 Å². The number of amides is 2. The van der Waals surface area contributed by atoms with Crippen LogP contribution in [-0.2, 0) is 6.54 Å². The minimum atomic E-state index is -0.591. The summed E-state index contributed by atoms with van der Waals surface area (Å²) in [7, 11) is 0. The number of para-hydroxylation sites is 2. The second-order valence-corrected chi connectivity index (χ2v) is 9.39. The fourth-order valence-corrected chi connectivity index (χ4v) is 4.91. The molecule has 0 radical (unpaired) electrons. The van der Waals surface area contributed by atoms with E-state index in [1.54, 1.807) is 47.3 Å². The average Bonchev–Trinajstić information content (AvgIpc) is 3.58. The number of rotatable bonds is 6. The van der Waals surface area contributed by atoms with Crippen molar-refractivity contribution in [3.05, 3.63) is 107 Å². The van der Waals surface area contributed by atoms with E-state index >= 15 is 0 Å². The van der Waals surface area contributed by atoms with E-state index in [1.807, 2.05) is 42.7 Å². The molecule has 9 heteroatoms. The van der Waals surface area contributed by atoms with E-state index in [1.165, 1.54) is 17.0 Å². The molecule has 2 amide bonds. The van der Waals surface area contributed by atoms with E-state index in [-0.39, 0.29) is 23.5 Å². The van der Waals surface area contributed by atoms with Gasteiger partial charge in [-0.2, -0.15) is 0 Å². The maximum atomic E-state index is 13.4. The number of benzene rings is 3. The van der Waals surface area contributed by atoms with Crippen LogP contribution in [0, 0.1) is 11.7 Å². The van der Waals surface area contributed by atoms with Crippen LogP contribution in [0.15, 0.2) is 79.0 Å². The van der Waals surface area contributed by atoms with Crippen LogP contribution in [0.25, 0.3) is 16.7 Å². The molecule has 2 aromatic heterocycles. The van der Waals surface area contributed by atoms with Gasteiger partial charge in [-0.3, -0.25) is 14.5 Å². The average molecular weight is 495 g/mol. The molecule has 1 atom stereocenters. The first-order valence-electron chi connectivity index (χ1n) is 12.0. The first-order chi connectivity index (χ1) is 17.9. The van der Waals surface area contributed by atoms with Gasteiger partial charge in [-0.1, -0.05) is 43.3 Å². The van der Waals surface area contributed by atoms with Gasteiger partial charge in [0.15, 0.2) is 0 Å². The predicted molar refractivity (Wildman–Crippen MR) is 135 cm³/mol. The Morgan fingerprint density at radius 2 is 1.51 bits per heavy atom. The van der Waals surface area contributed by atoms with E-state index in [2.05, 4.69) is 10.3 Å². The van der Waals surface area contributed by atoms with Gasteiger partial charge in [0.1, 0.15) is 23.4 Å². The van der Waals surface area contributed by atoms with Gasteiger partial charge in [0.05, 0.1) is 40.6 Å². The molecule has 5 aromatic rings. The van der Waals surface area contributed by atoms with Gasteiger partial charge in [-0.05, 0) is 54.4 Å². The summed E-state index contributed by atoms with van der Waals surface area (Å²) in [5.74, 6) is -0.471. The van der Waals surface area contributed by atoms with Gasteiger partial charge in [-0.25, -0.2) is 14.1 Å². The second-order valence-electron chi connectivity index (χ2n) is 9.39. The molecule has 0 saturated carbocycles. The summed E-state index contributed by atoms with van der Waals surface area (Å²) in [6.07, 6.45) is 1.78. The van der Waals surface area contributed by atoms with Gasteiger partial charge in [0.2, 0.25) is 0 Å². The number of fused-ring (bicyclic) bond motifs is 2. The van der Waals surface area contributed by atoms with E-state index < -0.39 is 6.04 Å². The summed E-state index contributed by atoms with van der Waals surface area (Å²) in [5, 5.41) is 8.53. The SMILES string of the molecule is CC(C)C(c1nc2ccccc2n1Cc1cn(-c2ccc(F)cc2)nn1)N1C(=O)c2ccccc2C1=O. The summed E-state index contributed by atoms with van der Waals surface area (Å²) in [5.41, 5.74) is 3.76. The molecule has 0 aliphatic carbocycles. The zero-order chi connectivity index (χ0) is 25.7. The lowest BCUT2D eigenvalue weighted by Gasteiger charge is -2.29. The third-order valence-electron chi connectivity index (χ3n) is 6.64. The summed E-state index contributed by atoms with van der Waals surface area (Å²) < 4.78 is 16.9. The van der Waals surface area contributed by atoms with Crippen molar-refractivity contribution in [1.29, 1.82) is 0 Å². The van der Waals surface area contributed by atoms with Crippen LogP contribution >= 0.6 is 0 Å². The Kier molecular flexibility index (Phi) is 5.40. The molecule has 0 fully saturated rings. The molecule has 1 aliphatic rings. The van der Waals surface area contributed by atoms with Crippen LogP contribution in [0.3, 0.4) is 0 Å². The fraction of sp³-hybridized carbons (Fsp3) is 0.179. The Bertz CT molecular complexity index is 1620. The molecule has 0 N–H and O–H groups in total. The first-order valence-corrected chi connectivity index (χ1v) is 12.0. The van der Waals surface area contributed by atoms with Crippen molar-refractivity contribution in [1.82, 2.24) is 29.4 Å². The number of carbonyl (C=O) groups excluding carboxylic acids is 2. The van der Waals surface area contributed by atoms with Crippen LogP contribution in [0.4, 0.5) is 4.39 Å². The van der Waals surface area contributed by atoms with Crippen LogP contribution < -0.4 is 0 Å². The van der Waals surface area contributed by atoms with Crippen LogP contribution in [0.1, 0.15) is 52.1 Å². The van der Waals surface area contributed by atoms with Gasteiger partial charge >= 0.3 is 0 Å². The molecule has 1 unspecified atom stereocenters. The standard InChI is InChI=1S/C28H23FN6O2/c1-17(2)25(35-27(36)21-7-3-4-8-22(21)28(35)37)26-30-23-9-5-6-10-24(23)33(26)15-19-16-34(32-31-19)20-13-11-18(29)12-14-20/h3-14,16-17,25H,15H2,1-2H3. The number of halogens is 1. The van der Waals surface area contributed by atoms with Gasteiger partial charge in [-0.15, -0.1) is 5.10 Å². The molecule has 6 rings (SSSR count). The maximum absolute atomic E-state index is 13.4. The van der Waals surface area contributed by atoms with Crippen LogP contribution in [0.2, 0.25) is 0 Å². The smallest absolute Gasteiger partial charge is 0.262 e. The lowest BCUT2D eigenvalue weighted by molar-refractivity contribution is 0.0525. The second kappa shape index (κ2) is 8.77. The molecule has 37 heavy (non-hydrogen) atoms. The third kappa shape index (κ3) is 3.79. The first kappa shape index (κ1) is 22.8. The molecule has 0 spiro atoms. The van der Waals surface area contributed by atoms with E-state index in [4.69, 9.17) is 4.98 Å². The lowest BCUT2D eigenvalue weighted by Crippen LogP contribution is -2.38. The maximum Gasteiger partial charge on any atom is 0.262 e. The monoisotopic (exact) mass is 494 g/mol. The van der Waals surface area contributed by atoms with E-state index in [9.17, 15) is 14.0 Å². The fourth-order valence-electron chi connectivity index (χ4n) is 4.91. The van der Waals surface area contributed by atoms with E-state index in [0.717, 1.165) is 11.0 Å². The van der Waals surface area contributed by atoms with Crippen molar-refractivity contribution >= 4 is 22.8 Å². The van der Waals surface area contributed by atoms with Gasteiger partial charge < -0.3 is 4.57 Å². The quantitative estimate of drug-likeness (QED) is 0.317.